The Kier molecular flexibility index (Phi) is 6.19. The zero-order chi connectivity index (χ0) is 26.4. The van der Waals surface area contributed by atoms with E-state index in [0.29, 0.717) is 23.7 Å². The molecule has 8 nitrogen and oxygen atoms in total. The molecule has 0 aromatic heterocycles. The molecule has 2 heterocycles. The topological polar surface area (TPSA) is 104 Å². The van der Waals surface area contributed by atoms with Crippen molar-refractivity contribution in [1.29, 1.82) is 0 Å². The number of methoxy groups -OCH3 is 2. The van der Waals surface area contributed by atoms with Crippen LogP contribution in [-0.4, -0.2) is 53.8 Å². The number of fused-ring (bicyclic) bond motifs is 5. The molecule has 0 radical (unpaired) electrons. The van der Waals surface area contributed by atoms with Gasteiger partial charge in [0.25, 0.3) is 0 Å². The van der Waals surface area contributed by atoms with Gasteiger partial charge in [-0.2, -0.15) is 0 Å². The zero-order valence-corrected chi connectivity index (χ0v) is 21.5. The van der Waals surface area contributed by atoms with Crippen LogP contribution >= 0.6 is 0 Å². The molecule has 0 fully saturated rings. The maximum atomic E-state index is 11.3. The number of aromatic hydroxyl groups is 2. The Hall–Kier alpha value is -4.04. The van der Waals surface area contributed by atoms with E-state index in [9.17, 15) is 15.3 Å². The highest BCUT2D eigenvalue weighted by Gasteiger charge is 2.38. The van der Waals surface area contributed by atoms with Crippen molar-refractivity contribution in [2.45, 2.75) is 37.4 Å². The Labute approximate surface area is 221 Å². The highest BCUT2D eigenvalue weighted by molar-refractivity contribution is 5.83. The fourth-order valence-corrected chi connectivity index (χ4v) is 6.06. The van der Waals surface area contributed by atoms with E-state index in [2.05, 4.69) is 16.4 Å². The molecule has 2 aliphatic heterocycles. The molecule has 3 aromatic rings. The van der Waals surface area contributed by atoms with Crippen LogP contribution in [0.3, 0.4) is 0 Å². The van der Waals surface area contributed by atoms with Gasteiger partial charge in [-0.25, -0.2) is 0 Å². The number of hydrogen-bond donors (Lipinski definition) is 4. The summed E-state index contributed by atoms with van der Waals surface area (Å²) in [6.45, 7) is 1.65. The maximum Gasteiger partial charge on any atom is 0.160 e. The van der Waals surface area contributed by atoms with Gasteiger partial charge in [0, 0.05) is 42.6 Å². The van der Waals surface area contributed by atoms with Crippen molar-refractivity contribution in [3.05, 3.63) is 77.1 Å². The smallest absolute Gasteiger partial charge is 0.160 e. The number of aliphatic hydroxyl groups is 1. The van der Waals surface area contributed by atoms with Gasteiger partial charge < -0.3 is 39.7 Å². The van der Waals surface area contributed by atoms with E-state index in [1.807, 2.05) is 24.4 Å². The lowest BCUT2D eigenvalue weighted by Crippen LogP contribution is -2.32. The van der Waals surface area contributed by atoms with Gasteiger partial charge in [-0.3, -0.25) is 0 Å². The summed E-state index contributed by atoms with van der Waals surface area (Å²) in [6, 6.07) is 12.4. The number of benzene rings is 3. The van der Waals surface area contributed by atoms with Crippen molar-refractivity contribution in [2.24, 2.45) is 0 Å². The first-order valence-corrected chi connectivity index (χ1v) is 12.9. The van der Waals surface area contributed by atoms with E-state index < -0.39 is 12.2 Å². The number of aliphatic hydroxyl groups excluding tert-OH is 1. The highest BCUT2D eigenvalue weighted by atomic mass is 16.5. The summed E-state index contributed by atoms with van der Waals surface area (Å²) in [5.74, 6) is 2.17. The Bertz CT molecular complexity index is 1400. The molecule has 38 heavy (non-hydrogen) atoms. The van der Waals surface area contributed by atoms with Crippen molar-refractivity contribution in [3.8, 4) is 39.9 Å². The fraction of sp³-hybridized carbons (Fsp3) is 0.333. The lowest BCUT2D eigenvalue weighted by molar-refractivity contribution is 0.0201. The van der Waals surface area contributed by atoms with Crippen LogP contribution in [-0.2, 0) is 12.8 Å². The van der Waals surface area contributed by atoms with Crippen molar-refractivity contribution >= 4 is 0 Å². The lowest BCUT2D eigenvalue weighted by Gasteiger charge is -2.38. The predicted molar refractivity (Wildman–Crippen MR) is 143 cm³/mol. The van der Waals surface area contributed by atoms with Crippen LogP contribution in [0.25, 0.3) is 11.1 Å². The molecular weight excluding hydrogens is 484 g/mol. The third-order valence-corrected chi connectivity index (χ3v) is 7.86. The van der Waals surface area contributed by atoms with Crippen LogP contribution in [0.5, 0.6) is 28.7 Å². The number of phenols is 2. The first kappa shape index (κ1) is 24.3. The normalized spacial score (nSPS) is 21.1. The summed E-state index contributed by atoms with van der Waals surface area (Å²) in [5.41, 5.74) is 6.00. The second-order valence-corrected chi connectivity index (χ2v) is 10.1. The standard InChI is InChI=1S/C30H32N2O6/c1-36-26-13-18(3-6-23(26)34)30-24(35)14-22-25(38-30)15-27(37-2)29-21-5-4-20(33)12-19(21)11-17(28(22)29)7-9-32-10-8-31-16-32/h3-6,8,10,12-13,15,17,24,30-31,33-35H,7,9,11,14,16H2,1-2H3. The summed E-state index contributed by atoms with van der Waals surface area (Å²) < 4.78 is 17.7. The average Bonchev–Trinajstić information content (AvgIpc) is 3.45. The largest absolute Gasteiger partial charge is 0.508 e. The minimum atomic E-state index is -0.790. The summed E-state index contributed by atoms with van der Waals surface area (Å²) in [7, 11) is 3.15. The summed E-state index contributed by atoms with van der Waals surface area (Å²) in [4.78, 5) is 2.24. The molecule has 3 aromatic carbocycles. The number of ether oxygens (including phenoxy) is 3. The molecule has 0 saturated heterocycles. The Balaban J connectivity index is 1.45. The average molecular weight is 517 g/mol. The molecule has 8 heteroatoms. The van der Waals surface area contributed by atoms with Crippen LogP contribution in [0.15, 0.2) is 54.9 Å². The SMILES string of the molecule is COc1cc(C2Oc3cc(OC)c4c(c3CC2O)C(CCN2C=CNC2)Cc2cc(O)ccc2-4)ccc1O. The number of rotatable bonds is 6. The van der Waals surface area contributed by atoms with Gasteiger partial charge in [0.1, 0.15) is 23.4 Å². The molecule has 0 bridgehead atoms. The Morgan fingerprint density at radius 2 is 1.87 bits per heavy atom. The van der Waals surface area contributed by atoms with Gasteiger partial charge in [0.2, 0.25) is 0 Å². The molecule has 3 aliphatic rings. The van der Waals surface area contributed by atoms with Crippen molar-refractivity contribution in [1.82, 2.24) is 10.2 Å². The van der Waals surface area contributed by atoms with Crippen molar-refractivity contribution in [2.75, 3.05) is 27.4 Å². The maximum absolute atomic E-state index is 11.3. The quantitative estimate of drug-likeness (QED) is 0.387. The predicted octanol–water partition coefficient (Wildman–Crippen LogP) is 4.18. The molecule has 0 amide bonds. The van der Waals surface area contributed by atoms with Crippen LogP contribution in [0.1, 0.15) is 40.7 Å². The minimum absolute atomic E-state index is 0.0354. The number of phenolic OH excluding ortho intramolecular Hbond substituents is 2. The van der Waals surface area contributed by atoms with Gasteiger partial charge in [0.15, 0.2) is 11.5 Å². The molecule has 1 aliphatic carbocycles. The Morgan fingerprint density at radius 1 is 1.03 bits per heavy atom. The van der Waals surface area contributed by atoms with Crippen LogP contribution in [0.4, 0.5) is 0 Å². The van der Waals surface area contributed by atoms with Crippen molar-refractivity contribution in [3.63, 3.8) is 0 Å². The summed E-state index contributed by atoms with van der Waals surface area (Å²) >= 11 is 0. The fourth-order valence-electron chi connectivity index (χ4n) is 6.06. The molecular formula is C30H32N2O6. The van der Waals surface area contributed by atoms with E-state index in [1.54, 1.807) is 31.4 Å². The highest BCUT2D eigenvalue weighted by Crippen LogP contribution is 2.53. The van der Waals surface area contributed by atoms with Gasteiger partial charge >= 0.3 is 0 Å². The number of hydrogen-bond acceptors (Lipinski definition) is 8. The number of nitrogens with zero attached hydrogens (tertiary/aromatic N) is 1. The van der Waals surface area contributed by atoms with E-state index in [1.165, 1.54) is 7.11 Å². The van der Waals surface area contributed by atoms with Crippen molar-refractivity contribution < 1.29 is 29.5 Å². The molecule has 3 unspecified atom stereocenters. The first-order valence-electron chi connectivity index (χ1n) is 12.9. The molecule has 0 saturated carbocycles. The van der Waals surface area contributed by atoms with Gasteiger partial charge in [-0.15, -0.1) is 0 Å². The van der Waals surface area contributed by atoms with Crippen LogP contribution in [0, 0.1) is 0 Å². The van der Waals surface area contributed by atoms with Crippen LogP contribution < -0.4 is 19.5 Å². The Morgan fingerprint density at radius 3 is 2.63 bits per heavy atom. The first-order chi connectivity index (χ1) is 18.5. The van der Waals surface area contributed by atoms with Gasteiger partial charge in [-0.05, 0) is 65.3 Å². The second kappa shape index (κ2) is 9.68. The van der Waals surface area contributed by atoms with E-state index in [-0.39, 0.29) is 17.4 Å². The third-order valence-electron chi connectivity index (χ3n) is 7.86. The monoisotopic (exact) mass is 516 g/mol. The molecule has 6 rings (SSSR count). The third kappa shape index (κ3) is 4.15. The van der Waals surface area contributed by atoms with Gasteiger partial charge in [-0.1, -0.05) is 12.1 Å². The van der Waals surface area contributed by atoms with E-state index >= 15 is 0 Å². The molecule has 3 atom stereocenters. The number of nitrogens with one attached hydrogen (secondary N) is 1. The van der Waals surface area contributed by atoms with Crippen LogP contribution in [0.2, 0.25) is 0 Å². The molecule has 198 valence electrons. The molecule has 0 spiro atoms. The van der Waals surface area contributed by atoms with E-state index in [4.69, 9.17) is 14.2 Å². The van der Waals surface area contributed by atoms with Gasteiger partial charge in [0.05, 0.1) is 27.0 Å². The van der Waals surface area contributed by atoms with E-state index in [0.717, 1.165) is 59.4 Å². The molecule has 4 N–H and O–H groups in total. The summed E-state index contributed by atoms with van der Waals surface area (Å²) in [6.07, 6.45) is 4.70. The minimum Gasteiger partial charge on any atom is -0.508 e. The zero-order valence-electron chi connectivity index (χ0n) is 21.5. The summed E-state index contributed by atoms with van der Waals surface area (Å²) in [5, 5.41) is 34.8. The second-order valence-electron chi connectivity index (χ2n) is 10.1. The lowest BCUT2D eigenvalue weighted by atomic mass is 9.73.